The molecule has 114 valence electrons. The number of anilines is 1. The predicted octanol–water partition coefficient (Wildman–Crippen LogP) is 2.92. The van der Waals surface area contributed by atoms with Crippen molar-refractivity contribution in [1.82, 2.24) is 5.32 Å². The lowest BCUT2D eigenvalue weighted by atomic mass is 9.88. The highest BCUT2D eigenvalue weighted by Crippen LogP contribution is 2.29. The number of nitrogen functional groups attached to an aromatic ring is 1. The van der Waals surface area contributed by atoms with Crippen LogP contribution < -0.4 is 11.1 Å². The molecule has 3 N–H and O–H groups in total. The summed E-state index contributed by atoms with van der Waals surface area (Å²) in [6.07, 6.45) is 0.727. The van der Waals surface area contributed by atoms with Gasteiger partial charge in [0.15, 0.2) is 0 Å². The van der Waals surface area contributed by atoms with E-state index in [1.165, 1.54) is 0 Å². The number of halogens is 1. The van der Waals surface area contributed by atoms with Crippen molar-refractivity contribution in [3.63, 3.8) is 0 Å². The van der Waals surface area contributed by atoms with Crippen molar-refractivity contribution >= 4 is 29.9 Å². The van der Waals surface area contributed by atoms with E-state index in [9.17, 15) is 9.59 Å². The summed E-state index contributed by atoms with van der Waals surface area (Å²) in [5.41, 5.74) is 9.63. The molecule has 0 fully saturated rings. The van der Waals surface area contributed by atoms with E-state index in [0.29, 0.717) is 11.1 Å². The Bertz CT molecular complexity index is 743. The molecule has 1 aliphatic rings. The molecule has 0 unspecified atom stereocenters. The molecule has 0 aromatic heterocycles. The molecule has 4 nitrogen and oxygen atoms in total. The Labute approximate surface area is 135 Å². The van der Waals surface area contributed by atoms with Crippen molar-refractivity contribution < 1.29 is 9.59 Å². The standard InChI is InChI=1S/C17H16N2O2.ClH/c1-10(9-11-5-2-3-8-14(11)18)12-6-4-7-13-15(12)17(21)19-16(13)20;/h2-8,10H,9,18H2,1H3,(H,19,20,21);1H/t10-;/m0./s1. The predicted molar refractivity (Wildman–Crippen MR) is 88.5 cm³/mol. The van der Waals surface area contributed by atoms with E-state index in [1.807, 2.05) is 43.3 Å². The van der Waals surface area contributed by atoms with Crippen LogP contribution in [0.2, 0.25) is 0 Å². The fourth-order valence-electron chi connectivity index (χ4n) is 2.82. The van der Waals surface area contributed by atoms with Crippen molar-refractivity contribution in [3.05, 3.63) is 64.7 Å². The molecule has 0 saturated heterocycles. The number of para-hydroxylation sites is 1. The maximum Gasteiger partial charge on any atom is 0.259 e. The molecule has 0 spiro atoms. The Morgan fingerprint density at radius 1 is 1.05 bits per heavy atom. The Kier molecular flexibility index (Phi) is 4.52. The zero-order valence-corrected chi connectivity index (χ0v) is 12.9. The van der Waals surface area contributed by atoms with Gasteiger partial charge in [-0.2, -0.15) is 0 Å². The van der Waals surface area contributed by atoms with Crippen molar-refractivity contribution in [2.75, 3.05) is 5.73 Å². The quantitative estimate of drug-likeness (QED) is 0.675. The highest BCUT2D eigenvalue weighted by atomic mass is 35.5. The van der Waals surface area contributed by atoms with Crippen molar-refractivity contribution in [3.8, 4) is 0 Å². The lowest BCUT2D eigenvalue weighted by Crippen LogP contribution is -2.20. The number of benzene rings is 2. The summed E-state index contributed by atoms with van der Waals surface area (Å²) in [7, 11) is 0. The summed E-state index contributed by atoms with van der Waals surface area (Å²) in [5, 5.41) is 2.35. The monoisotopic (exact) mass is 316 g/mol. The third kappa shape index (κ3) is 2.70. The zero-order valence-electron chi connectivity index (χ0n) is 12.1. The van der Waals surface area contributed by atoms with E-state index < -0.39 is 0 Å². The molecular formula is C17H17ClN2O2. The zero-order chi connectivity index (χ0) is 15.0. The molecule has 2 aromatic rings. The summed E-state index contributed by atoms with van der Waals surface area (Å²) < 4.78 is 0. The lowest BCUT2D eigenvalue weighted by Gasteiger charge is -2.15. The van der Waals surface area contributed by atoms with E-state index >= 15 is 0 Å². The Balaban J connectivity index is 0.00000176. The van der Waals surface area contributed by atoms with Crippen LogP contribution in [0.5, 0.6) is 0 Å². The molecule has 0 aliphatic carbocycles. The topological polar surface area (TPSA) is 72.2 Å². The van der Waals surface area contributed by atoms with Gasteiger partial charge in [0, 0.05) is 5.69 Å². The minimum Gasteiger partial charge on any atom is -0.399 e. The first-order valence-electron chi connectivity index (χ1n) is 6.90. The van der Waals surface area contributed by atoms with Gasteiger partial charge in [0.25, 0.3) is 11.8 Å². The van der Waals surface area contributed by atoms with Crippen LogP contribution in [-0.4, -0.2) is 11.8 Å². The number of carbonyl (C=O) groups excluding carboxylic acids is 2. The van der Waals surface area contributed by atoms with Crippen LogP contribution in [0, 0.1) is 0 Å². The van der Waals surface area contributed by atoms with E-state index in [0.717, 1.165) is 23.2 Å². The molecule has 1 atom stereocenters. The van der Waals surface area contributed by atoms with E-state index in [4.69, 9.17) is 5.73 Å². The van der Waals surface area contributed by atoms with Gasteiger partial charge in [0.2, 0.25) is 0 Å². The molecule has 2 amide bonds. The summed E-state index contributed by atoms with van der Waals surface area (Å²) in [6.45, 7) is 2.04. The fourth-order valence-corrected chi connectivity index (χ4v) is 2.82. The van der Waals surface area contributed by atoms with E-state index in [-0.39, 0.29) is 30.1 Å². The number of imide groups is 1. The third-order valence-electron chi connectivity index (χ3n) is 3.91. The van der Waals surface area contributed by atoms with E-state index in [2.05, 4.69) is 5.32 Å². The first-order chi connectivity index (χ1) is 10.1. The second kappa shape index (κ2) is 6.20. The van der Waals surface area contributed by atoms with Crippen molar-refractivity contribution in [1.29, 1.82) is 0 Å². The molecule has 2 aromatic carbocycles. The highest BCUT2D eigenvalue weighted by Gasteiger charge is 2.30. The first kappa shape index (κ1) is 16.0. The van der Waals surface area contributed by atoms with Gasteiger partial charge in [0.05, 0.1) is 11.1 Å². The number of carbonyl (C=O) groups is 2. The minimum absolute atomic E-state index is 0. The molecule has 1 aliphatic heterocycles. The van der Waals surface area contributed by atoms with Crippen molar-refractivity contribution in [2.45, 2.75) is 19.3 Å². The lowest BCUT2D eigenvalue weighted by molar-refractivity contribution is 0.0879. The summed E-state index contributed by atoms with van der Waals surface area (Å²) in [4.78, 5) is 23.7. The molecule has 0 saturated carbocycles. The van der Waals surface area contributed by atoms with Gasteiger partial charge >= 0.3 is 0 Å². The van der Waals surface area contributed by atoms with Crippen LogP contribution in [0.3, 0.4) is 0 Å². The first-order valence-corrected chi connectivity index (χ1v) is 6.90. The van der Waals surface area contributed by atoms with Crippen molar-refractivity contribution in [2.24, 2.45) is 0 Å². The minimum atomic E-state index is -0.316. The number of rotatable bonds is 3. The highest BCUT2D eigenvalue weighted by molar-refractivity contribution is 6.22. The van der Waals surface area contributed by atoms with Gasteiger partial charge in [-0.15, -0.1) is 12.4 Å². The molecule has 1 heterocycles. The second-order valence-electron chi connectivity index (χ2n) is 5.36. The van der Waals surface area contributed by atoms with Gasteiger partial charge in [-0.05, 0) is 35.6 Å². The molecular weight excluding hydrogens is 300 g/mol. The maximum atomic E-state index is 12.0. The average Bonchev–Trinajstić information content (AvgIpc) is 2.77. The van der Waals surface area contributed by atoms with Gasteiger partial charge < -0.3 is 5.73 Å². The Morgan fingerprint density at radius 3 is 2.50 bits per heavy atom. The smallest absolute Gasteiger partial charge is 0.259 e. The summed E-state index contributed by atoms with van der Waals surface area (Å²) in [6, 6.07) is 13.1. The van der Waals surface area contributed by atoms with Crippen LogP contribution in [0.25, 0.3) is 0 Å². The van der Waals surface area contributed by atoms with Gasteiger partial charge in [-0.25, -0.2) is 0 Å². The number of hydrogen-bond acceptors (Lipinski definition) is 3. The molecule has 22 heavy (non-hydrogen) atoms. The molecule has 3 rings (SSSR count). The average molecular weight is 317 g/mol. The Hall–Kier alpha value is -2.33. The van der Waals surface area contributed by atoms with Crippen LogP contribution in [0.15, 0.2) is 42.5 Å². The normalized spacial score (nSPS) is 14.0. The summed E-state index contributed by atoms with van der Waals surface area (Å²) >= 11 is 0. The van der Waals surface area contributed by atoms with Crippen LogP contribution >= 0.6 is 12.4 Å². The molecule has 5 heteroatoms. The molecule has 0 radical (unpaired) electrons. The SMILES string of the molecule is C[C@@H](Cc1ccccc1N)c1cccc2c1C(=O)NC2=O.Cl. The fraction of sp³-hybridized carbons (Fsp3) is 0.176. The largest absolute Gasteiger partial charge is 0.399 e. The number of nitrogens with two attached hydrogens (primary N) is 1. The van der Waals surface area contributed by atoms with Crippen LogP contribution in [-0.2, 0) is 6.42 Å². The number of hydrogen-bond donors (Lipinski definition) is 2. The molecule has 0 bridgehead atoms. The van der Waals surface area contributed by atoms with E-state index in [1.54, 1.807) is 6.07 Å². The van der Waals surface area contributed by atoms with Gasteiger partial charge in [-0.1, -0.05) is 37.3 Å². The summed E-state index contributed by atoms with van der Waals surface area (Å²) in [5.74, 6) is -0.525. The van der Waals surface area contributed by atoms with Crippen LogP contribution in [0.1, 0.15) is 44.7 Å². The van der Waals surface area contributed by atoms with Gasteiger partial charge in [0.1, 0.15) is 0 Å². The second-order valence-corrected chi connectivity index (χ2v) is 5.36. The number of fused-ring (bicyclic) bond motifs is 1. The number of nitrogens with one attached hydrogen (secondary N) is 1. The third-order valence-corrected chi connectivity index (χ3v) is 3.91. The Morgan fingerprint density at radius 2 is 1.77 bits per heavy atom. The van der Waals surface area contributed by atoms with Crippen LogP contribution in [0.4, 0.5) is 5.69 Å². The number of amides is 2. The van der Waals surface area contributed by atoms with Gasteiger partial charge in [-0.3, -0.25) is 14.9 Å². The maximum absolute atomic E-state index is 12.0.